The number of halogens is 4. The Morgan fingerprint density at radius 2 is 1.90 bits per heavy atom. The third-order valence-corrected chi connectivity index (χ3v) is 5.29. The maximum absolute atomic E-state index is 14.6. The molecule has 1 aliphatic heterocycles. The van der Waals surface area contributed by atoms with Gasteiger partial charge in [0.25, 0.3) is 5.91 Å². The van der Waals surface area contributed by atoms with Crippen LogP contribution in [-0.2, 0) is 21.6 Å². The van der Waals surface area contributed by atoms with Gasteiger partial charge in [-0.05, 0) is 36.6 Å². The highest BCUT2D eigenvalue weighted by atomic mass is 35.5. The Morgan fingerprint density at radius 3 is 2.55 bits per heavy atom. The molecule has 1 saturated carbocycles. The summed E-state index contributed by atoms with van der Waals surface area (Å²) in [5, 5.41) is 2.64. The lowest BCUT2D eigenvalue weighted by atomic mass is 9.71. The molecule has 4 rings (SSSR count). The van der Waals surface area contributed by atoms with Crippen molar-refractivity contribution in [1.82, 2.24) is 0 Å². The van der Waals surface area contributed by atoms with Crippen molar-refractivity contribution in [1.29, 1.82) is 0 Å². The van der Waals surface area contributed by atoms with E-state index in [4.69, 9.17) is 16.3 Å². The lowest BCUT2D eigenvalue weighted by molar-refractivity contribution is -0.208. The molecule has 150 valence electrons. The van der Waals surface area contributed by atoms with Crippen molar-refractivity contribution in [3.05, 3.63) is 64.7 Å². The third kappa shape index (κ3) is 3.73. The predicted octanol–water partition coefficient (Wildman–Crippen LogP) is 5.09. The molecule has 7 heteroatoms. The molecule has 1 amide bonds. The van der Waals surface area contributed by atoms with E-state index in [1.54, 1.807) is 30.3 Å². The van der Waals surface area contributed by atoms with Crippen LogP contribution in [0.5, 0.6) is 0 Å². The number of nitrogens with one attached hydrogen (secondary N) is 1. The number of alkyl halides is 3. The molecule has 1 N–H and O–H groups in total. The summed E-state index contributed by atoms with van der Waals surface area (Å²) in [5.74, 6) is 4.16. The zero-order valence-electron chi connectivity index (χ0n) is 15.2. The van der Waals surface area contributed by atoms with Crippen LogP contribution >= 0.6 is 11.6 Å². The summed E-state index contributed by atoms with van der Waals surface area (Å²) >= 11 is 6.02. The minimum Gasteiger partial charge on any atom is -0.361 e. The van der Waals surface area contributed by atoms with Crippen LogP contribution in [-0.4, -0.2) is 18.2 Å². The molecule has 0 spiro atoms. The molecule has 1 aliphatic carbocycles. The summed E-state index contributed by atoms with van der Waals surface area (Å²) in [6.07, 6.45) is -5.20. The number of carbonyl (C=O) groups is 1. The maximum Gasteiger partial charge on any atom is 0.412 e. The number of carbonyl (C=O) groups excluding carboxylic acids is 1. The van der Waals surface area contributed by atoms with Crippen LogP contribution < -0.4 is 5.32 Å². The average Bonchev–Trinajstić information content (AvgIpc) is 3.50. The van der Waals surface area contributed by atoms with Gasteiger partial charge >= 0.3 is 6.18 Å². The summed E-state index contributed by atoms with van der Waals surface area (Å²) in [6.45, 7) is -0.155. The van der Waals surface area contributed by atoms with Gasteiger partial charge in [0, 0.05) is 22.2 Å². The quantitative estimate of drug-likeness (QED) is 0.704. The van der Waals surface area contributed by atoms with Crippen LogP contribution in [0.2, 0.25) is 5.02 Å². The van der Waals surface area contributed by atoms with Gasteiger partial charge in [0.15, 0.2) is 11.5 Å². The van der Waals surface area contributed by atoms with Gasteiger partial charge < -0.3 is 10.1 Å². The second-order valence-corrected chi connectivity index (χ2v) is 7.64. The minimum atomic E-state index is -4.85. The van der Waals surface area contributed by atoms with Crippen molar-refractivity contribution in [2.45, 2.75) is 37.1 Å². The van der Waals surface area contributed by atoms with E-state index in [-0.39, 0.29) is 28.8 Å². The largest absolute Gasteiger partial charge is 0.412 e. The fourth-order valence-corrected chi connectivity index (χ4v) is 3.56. The second kappa shape index (κ2) is 7.40. The van der Waals surface area contributed by atoms with E-state index in [1.165, 1.54) is 18.2 Å². The number of fused-ring (bicyclic) bond motifs is 1. The molecule has 1 heterocycles. The maximum atomic E-state index is 14.6. The zero-order chi connectivity index (χ0) is 20.6. The molecule has 2 aliphatic rings. The average molecular weight is 420 g/mol. The Balaban J connectivity index is 1.84. The topological polar surface area (TPSA) is 38.3 Å². The third-order valence-electron chi connectivity index (χ3n) is 5.05. The zero-order valence-corrected chi connectivity index (χ0v) is 16.0. The van der Waals surface area contributed by atoms with Gasteiger partial charge in [0.05, 0.1) is 6.61 Å². The first-order chi connectivity index (χ1) is 13.8. The van der Waals surface area contributed by atoms with Gasteiger partial charge in [-0.1, -0.05) is 53.8 Å². The van der Waals surface area contributed by atoms with Crippen LogP contribution in [0, 0.1) is 17.8 Å². The monoisotopic (exact) mass is 419 g/mol. The minimum absolute atomic E-state index is 0.0429. The van der Waals surface area contributed by atoms with Crippen LogP contribution in [0.3, 0.4) is 0 Å². The van der Waals surface area contributed by atoms with Crippen molar-refractivity contribution in [3.63, 3.8) is 0 Å². The van der Waals surface area contributed by atoms with Gasteiger partial charge in [0.2, 0.25) is 0 Å². The molecular formula is C22H17ClF3NO2. The van der Waals surface area contributed by atoms with Crippen molar-refractivity contribution >= 4 is 23.2 Å². The SMILES string of the molecule is O=C1Nc2ccc(Cl)cc2[C@](C#CC2CC2)(C(F)(F)F)[C@H]1OCc1ccccc1. The van der Waals surface area contributed by atoms with E-state index < -0.39 is 23.6 Å². The van der Waals surface area contributed by atoms with E-state index in [0.29, 0.717) is 5.56 Å². The fraction of sp³-hybridized carbons (Fsp3) is 0.318. The van der Waals surface area contributed by atoms with Gasteiger partial charge in [-0.3, -0.25) is 4.79 Å². The number of rotatable bonds is 3. The number of hydrogen-bond donors (Lipinski definition) is 1. The number of anilines is 1. The van der Waals surface area contributed by atoms with E-state index in [1.807, 2.05) is 0 Å². The Hall–Kier alpha value is -2.49. The van der Waals surface area contributed by atoms with Crippen LogP contribution in [0.4, 0.5) is 18.9 Å². The molecule has 0 unspecified atom stereocenters. The molecule has 29 heavy (non-hydrogen) atoms. The molecule has 0 saturated heterocycles. The van der Waals surface area contributed by atoms with Crippen molar-refractivity contribution in [3.8, 4) is 11.8 Å². The van der Waals surface area contributed by atoms with E-state index >= 15 is 0 Å². The molecule has 2 aromatic rings. The summed E-state index contributed by atoms with van der Waals surface area (Å²) in [6, 6.07) is 12.7. The highest BCUT2D eigenvalue weighted by Gasteiger charge is 2.65. The van der Waals surface area contributed by atoms with E-state index in [2.05, 4.69) is 17.2 Å². The first-order valence-electron chi connectivity index (χ1n) is 9.17. The lowest BCUT2D eigenvalue weighted by Gasteiger charge is -2.41. The van der Waals surface area contributed by atoms with E-state index in [9.17, 15) is 18.0 Å². The Labute approximate surface area is 171 Å². The second-order valence-electron chi connectivity index (χ2n) is 7.21. The number of amides is 1. The fourth-order valence-electron chi connectivity index (χ4n) is 3.39. The molecular weight excluding hydrogens is 403 g/mol. The number of benzene rings is 2. The van der Waals surface area contributed by atoms with Crippen LogP contribution in [0.1, 0.15) is 24.0 Å². The Morgan fingerprint density at radius 1 is 1.17 bits per heavy atom. The summed E-state index contributed by atoms with van der Waals surface area (Å²) < 4.78 is 49.5. The van der Waals surface area contributed by atoms with Crippen LogP contribution in [0.25, 0.3) is 0 Å². The summed E-state index contributed by atoms with van der Waals surface area (Å²) in [4.78, 5) is 12.7. The molecule has 0 bridgehead atoms. The highest BCUT2D eigenvalue weighted by molar-refractivity contribution is 6.30. The van der Waals surface area contributed by atoms with Gasteiger partial charge in [-0.25, -0.2) is 0 Å². The van der Waals surface area contributed by atoms with Gasteiger partial charge in [-0.2, -0.15) is 13.2 Å². The summed E-state index contributed by atoms with van der Waals surface area (Å²) in [7, 11) is 0. The smallest absolute Gasteiger partial charge is 0.361 e. The summed E-state index contributed by atoms with van der Waals surface area (Å²) in [5.41, 5.74) is -2.29. The molecule has 2 atom stereocenters. The molecule has 0 radical (unpaired) electrons. The van der Waals surface area contributed by atoms with E-state index in [0.717, 1.165) is 12.8 Å². The molecule has 2 aromatic carbocycles. The molecule has 3 nitrogen and oxygen atoms in total. The highest BCUT2D eigenvalue weighted by Crippen LogP contribution is 2.50. The van der Waals surface area contributed by atoms with Crippen molar-refractivity contribution in [2.75, 3.05) is 5.32 Å². The molecule has 1 fully saturated rings. The van der Waals surface area contributed by atoms with Crippen molar-refractivity contribution < 1.29 is 22.7 Å². The first-order valence-corrected chi connectivity index (χ1v) is 9.55. The number of ether oxygens (including phenoxy) is 1. The lowest BCUT2D eigenvalue weighted by Crippen LogP contribution is -2.59. The van der Waals surface area contributed by atoms with Crippen molar-refractivity contribution in [2.24, 2.45) is 5.92 Å². The van der Waals surface area contributed by atoms with Gasteiger partial charge in [-0.15, -0.1) is 0 Å². The van der Waals surface area contributed by atoms with Crippen LogP contribution in [0.15, 0.2) is 48.5 Å². The standard InChI is InChI=1S/C22H17ClF3NO2/c23-16-8-9-18-17(12-16)21(22(24,25)26,11-10-14-6-7-14)19(20(28)27-18)29-13-15-4-2-1-3-5-15/h1-5,8-9,12,14,19H,6-7,13H2,(H,27,28)/t19-,21-/m0/s1. The van der Waals surface area contributed by atoms with Gasteiger partial charge in [0.1, 0.15) is 0 Å². The normalized spacial score (nSPS) is 23.6. The predicted molar refractivity (Wildman–Crippen MR) is 103 cm³/mol. The Bertz CT molecular complexity index is 993. The Kier molecular flexibility index (Phi) is 5.05. The molecule has 0 aromatic heterocycles. The first kappa shape index (κ1) is 19.8. The number of hydrogen-bond acceptors (Lipinski definition) is 2.